The van der Waals surface area contributed by atoms with Crippen LogP contribution in [-0.4, -0.2) is 14.1 Å². The maximum absolute atomic E-state index is 13.7. The van der Waals surface area contributed by atoms with Crippen LogP contribution in [0.5, 0.6) is 0 Å². The molecule has 0 amide bonds. The summed E-state index contributed by atoms with van der Waals surface area (Å²) in [6.45, 7) is 4.01. The predicted octanol–water partition coefficient (Wildman–Crippen LogP) is 2.85. The molecule has 0 saturated carbocycles. The molecule has 2 heterocycles. The molecular weight excluding hydrogens is 369 g/mol. The van der Waals surface area contributed by atoms with Gasteiger partial charge < -0.3 is 11.1 Å². The first-order chi connectivity index (χ1) is 12.8. The highest BCUT2D eigenvalue weighted by Gasteiger charge is 2.19. The van der Waals surface area contributed by atoms with Gasteiger partial charge in [0.15, 0.2) is 5.13 Å². The number of nitrogens with two attached hydrogens (primary N) is 1. The van der Waals surface area contributed by atoms with Gasteiger partial charge in [-0.25, -0.2) is 14.2 Å². The third-order valence-corrected chi connectivity index (χ3v) is 4.97. The van der Waals surface area contributed by atoms with Crippen LogP contribution in [0.1, 0.15) is 18.9 Å². The van der Waals surface area contributed by atoms with E-state index in [1.165, 1.54) is 29.0 Å². The minimum absolute atomic E-state index is 0.100. The molecule has 0 spiro atoms. The maximum atomic E-state index is 13.7. The summed E-state index contributed by atoms with van der Waals surface area (Å²) in [6.07, 6.45) is 0.699. The molecule has 27 heavy (non-hydrogen) atoms. The number of hydrogen-bond donors (Lipinski definition) is 2. The molecule has 1 aromatic carbocycles. The van der Waals surface area contributed by atoms with Crippen molar-refractivity contribution in [3.63, 3.8) is 0 Å². The van der Waals surface area contributed by atoms with E-state index < -0.39 is 11.2 Å². The molecule has 2 aromatic heterocycles. The molecule has 142 valence electrons. The van der Waals surface area contributed by atoms with E-state index in [1.54, 1.807) is 24.4 Å². The molecule has 3 aromatic rings. The minimum Gasteiger partial charge on any atom is -0.384 e. The van der Waals surface area contributed by atoms with Crippen LogP contribution in [0.25, 0.3) is 11.3 Å². The first-order valence-corrected chi connectivity index (χ1v) is 9.29. The van der Waals surface area contributed by atoms with Crippen LogP contribution in [0.4, 0.5) is 21.0 Å². The number of anilines is 3. The van der Waals surface area contributed by atoms with Crippen molar-refractivity contribution < 1.29 is 4.39 Å². The second kappa shape index (κ2) is 7.36. The van der Waals surface area contributed by atoms with Gasteiger partial charge in [0.1, 0.15) is 17.2 Å². The number of nitrogens with one attached hydrogen (secondary N) is 1. The topological polar surface area (TPSA) is 94.9 Å². The van der Waals surface area contributed by atoms with E-state index in [0.717, 1.165) is 4.57 Å². The number of aromatic nitrogens is 3. The summed E-state index contributed by atoms with van der Waals surface area (Å²) in [4.78, 5) is 29.2. The van der Waals surface area contributed by atoms with E-state index in [1.807, 2.05) is 6.92 Å². The Morgan fingerprint density at radius 3 is 2.74 bits per heavy atom. The summed E-state index contributed by atoms with van der Waals surface area (Å²) < 4.78 is 16.1. The lowest BCUT2D eigenvalue weighted by Gasteiger charge is -2.13. The van der Waals surface area contributed by atoms with Crippen molar-refractivity contribution in [3.05, 3.63) is 55.8 Å². The fourth-order valence-corrected chi connectivity index (χ4v) is 3.43. The lowest BCUT2D eigenvalue weighted by Crippen LogP contribution is -2.40. The number of thiazole rings is 1. The van der Waals surface area contributed by atoms with Crippen LogP contribution in [0.2, 0.25) is 0 Å². The van der Waals surface area contributed by atoms with Crippen LogP contribution in [0.15, 0.2) is 33.2 Å². The first-order valence-electron chi connectivity index (χ1n) is 8.41. The van der Waals surface area contributed by atoms with Crippen molar-refractivity contribution in [1.29, 1.82) is 0 Å². The summed E-state index contributed by atoms with van der Waals surface area (Å²) in [5, 5.41) is 5.19. The Kier molecular flexibility index (Phi) is 5.13. The maximum Gasteiger partial charge on any atom is 0.332 e. The third-order valence-electron chi connectivity index (χ3n) is 4.21. The Labute approximate surface area is 158 Å². The van der Waals surface area contributed by atoms with Gasteiger partial charge in [-0.05, 0) is 31.0 Å². The lowest BCUT2D eigenvalue weighted by molar-refractivity contribution is 0.600. The first kappa shape index (κ1) is 18.8. The number of benzene rings is 1. The quantitative estimate of drug-likeness (QED) is 0.700. The van der Waals surface area contributed by atoms with Gasteiger partial charge in [-0.1, -0.05) is 13.0 Å². The summed E-state index contributed by atoms with van der Waals surface area (Å²) in [6, 6.07) is 4.79. The zero-order chi connectivity index (χ0) is 19.7. The van der Waals surface area contributed by atoms with Crippen LogP contribution in [0, 0.1) is 12.7 Å². The SMILES string of the molecule is CCCn1c(N)c(-c2csc(Nc3ccc(C)c(F)c3)n2)c(=O)n(C)c1=O. The van der Waals surface area contributed by atoms with Gasteiger partial charge in [-0.15, -0.1) is 11.3 Å². The number of aryl methyl sites for hydroxylation is 1. The fourth-order valence-electron chi connectivity index (χ4n) is 2.70. The van der Waals surface area contributed by atoms with Crippen molar-refractivity contribution in [2.45, 2.75) is 26.8 Å². The molecule has 0 aliphatic carbocycles. The molecule has 3 N–H and O–H groups in total. The van der Waals surface area contributed by atoms with Gasteiger partial charge in [-0.3, -0.25) is 13.9 Å². The molecular formula is C18H20FN5O2S. The van der Waals surface area contributed by atoms with E-state index in [2.05, 4.69) is 10.3 Å². The number of nitrogen functional groups attached to an aromatic ring is 1. The van der Waals surface area contributed by atoms with Crippen molar-refractivity contribution in [2.75, 3.05) is 11.1 Å². The second-order valence-electron chi connectivity index (χ2n) is 6.19. The smallest absolute Gasteiger partial charge is 0.332 e. The average molecular weight is 389 g/mol. The Morgan fingerprint density at radius 2 is 2.07 bits per heavy atom. The Balaban J connectivity index is 2.02. The number of nitrogens with zero attached hydrogens (tertiary/aromatic N) is 3. The highest BCUT2D eigenvalue weighted by Crippen LogP contribution is 2.28. The molecule has 3 rings (SSSR count). The van der Waals surface area contributed by atoms with Crippen molar-refractivity contribution in [2.24, 2.45) is 7.05 Å². The van der Waals surface area contributed by atoms with Gasteiger partial charge in [0.2, 0.25) is 0 Å². The van der Waals surface area contributed by atoms with Gasteiger partial charge in [0.05, 0.1) is 5.69 Å². The lowest BCUT2D eigenvalue weighted by atomic mass is 10.2. The molecule has 0 unspecified atom stereocenters. The third kappa shape index (κ3) is 3.50. The molecule has 0 bridgehead atoms. The van der Waals surface area contributed by atoms with E-state index in [9.17, 15) is 14.0 Å². The summed E-state index contributed by atoms with van der Waals surface area (Å²) in [5.41, 5.74) is 6.83. The summed E-state index contributed by atoms with van der Waals surface area (Å²) >= 11 is 1.26. The molecule has 7 nitrogen and oxygen atoms in total. The number of rotatable bonds is 5. The van der Waals surface area contributed by atoms with E-state index >= 15 is 0 Å². The van der Waals surface area contributed by atoms with Crippen molar-refractivity contribution in [3.8, 4) is 11.3 Å². The molecule has 0 aliphatic rings. The van der Waals surface area contributed by atoms with Crippen LogP contribution >= 0.6 is 11.3 Å². The zero-order valence-electron chi connectivity index (χ0n) is 15.2. The van der Waals surface area contributed by atoms with Crippen LogP contribution in [-0.2, 0) is 13.6 Å². The van der Waals surface area contributed by atoms with E-state index in [0.29, 0.717) is 35.0 Å². The standard InChI is InChI=1S/C18H20FN5O2S/c1-4-7-24-15(20)14(16(25)23(3)18(24)26)13-9-27-17(22-13)21-11-6-5-10(2)12(19)8-11/h5-6,8-9H,4,7,20H2,1-3H3,(H,21,22). The number of halogens is 1. The predicted molar refractivity (Wildman–Crippen MR) is 106 cm³/mol. The monoisotopic (exact) mass is 389 g/mol. The summed E-state index contributed by atoms with van der Waals surface area (Å²) in [7, 11) is 1.42. The molecule has 9 heteroatoms. The average Bonchev–Trinajstić information content (AvgIpc) is 3.08. The van der Waals surface area contributed by atoms with Crippen LogP contribution < -0.4 is 22.3 Å². The second-order valence-corrected chi connectivity index (χ2v) is 7.04. The molecule has 0 atom stereocenters. The Morgan fingerprint density at radius 1 is 1.33 bits per heavy atom. The largest absolute Gasteiger partial charge is 0.384 e. The van der Waals surface area contributed by atoms with E-state index in [-0.39, 0.29) is 17.2 Å². The van der Waals surface area contributed by atoms with Crippen molar-refractivity contribution in [1.82, 2.24) is 14.1 Å². The summed E-state index contributed by atoms with van der Waals surface area (Å²) in [5.74, 6) is -0.218. The van der Waals surface area contributed by atoms with Gasteiger partial charge in [0, 0.05) is 24.7 Å². The zero-order valence-corrected chi connectivity index (χ0v) is 16.1. The Bertz CT molecular complexity index is 1120. The highest BCUT2D eigenvalue weighted by molar-refractivity contribution is 7.14. The molecule has 0 fully saturated rings. The van der Waals surface area contributed by atoms with Crippen molar-refractivity contribution >= 4 is 28.0 Å². The fraction of sp³-hybridized carbons (Fsp3) is 0.278. The minimum atomic E-state index is -0.497. The molecule has 0 saturated heterocycles. The highest BCUT2D eigenvalue weighted by atomic mass is 32.1. The number of hydrogen-bond acceptors (Lipinski definition) is 6. The molecule has 0 aliphatic heterocycles. The van der Waals surface area contributed by atoms with Gasteiger partial charge in [-0.2, -0.15) is 0 Å². The van der Waals surface area contributed by atoms with Crippen LogP contribution in [0.3, 0.4) is 0 Å². The van der Waals surface area contributed by atoms with E-state index in [4.69, 9.17) is 5.73 Å². The normalized spacial score (nSPS) is 11.0. The van der Waals surface area contributed by atoms with Gasteiger partial charge >= 0.3 is 5.69 Å². The Hall–Kier alpha value is -2.94. The van der Waals surface area contributed by atoms with Gasteiger partial charge in [0.25, 0.3) is 5.56 Å². The molecule has 0 radical (unpaired) electrons.